The molecule has 0 radical (unpaired) electrons. The van der Waals surface area contributed by atoms with Crippen LogP contribution in [0.25, 0.3) is 20.9 Å². The highest BCUT2D eigenvalue weighted by Crippen LogP contribution is 2.33. The van der Waals surface area contributed by atoms with Gasteiger partial charge in [-0.1, -0.05) is 168 Å². The molecular formula is C46H76N2S+2. The Morgan fingerprint density at radius 1 is 0.327 bits per heavy atom. The van der Waals surface area contributed by atoms with E-state index in [1.54, 1.807) is 0 Å². The van der Waals surface area contributed by atoms with Crippen LogP contribution in [-0.4, -0.2) is 0 Å². The lowest BCUT2D eigenvalue weighted by Crippen LogP contribution is -2.32. The van der Waals surface area contributed by atoms with Crippen LogP contribution in [0.2, 0.25) is 0 Å². The Bertz CT molecular complexity index is 1060. The van der Waals surface area contributed by atoms with E-state index in [-0.39, 0.29) is 0 Å². The maximum absolute atomic E-state index is 2.37. The van der Waals surface area contributed by atoms with Crippen molar-refractivity contribution in [3.8, 4) is 20.9 Å². The maximum atomic E-state index is 2.37. The van der Waals surface area contributed by atoms with Crippen molar-refractivity contribution in [2.24, 2.45) is 0 Å². The molecule has 3 rings (SSSR count). The molecule has 49 heavy (non-hydrogen) atoms. The third kappa shape index (κ3) is 19.8. The van der Waals surface area contributed by atoms with Gasteiger partial charge in [-0.25, -0.2) is 9.13 Å². The summed E-state index contributed by atoms with van der Waals surface area (Å²) < 4.78 is 4.74. The first-order chi connectivity index (χ1) is 24.3. The van der Waals surface area contributed by atoms with Gasteiger partial charge in [-0.3, -0.25) is 0 Å². The van der Waals surface area contributed by atoms with E-state index in [0.717, 1.165) is 13.1 Å². The van der Waals surface area contributed by atoms with E-state index in [4.69, 9.17) is 0 Å². The first kappa shape index (κ1) is 41.4. The molecule has 0 bridgehead atoms. The number of hydrogen-bond acceptors (Lipinski definition) is 1. The Kier molecular flexibility index (Phi) is 24.2. The third-order valence-electron chi connectivity index (χ3n) is 10.5. The topological polar surface area (TPSA) is 7.76 Å². The highest BCUT2D eigenvalue weighted by molar-refractivity contribution is 7.18. The van der Waals surface area contributed by atoms with E-state index in [2.05, 4.69) is 84.2 Å². The summed E-state index contributed by atoms with van der Waals surface area (Å²) in [5, 5.41) is 0. The predicted octanol–water partition coefficient (Wildman–Crippen LogP) is 14.6. The highest BCUT2D eigenvalue weighted by Gasteiger charge is 2.09. The Morgan fingerprint density at radius 3 is 0.837 bits per heavy atom. The zero-order valence-electron chi connectivity index (χ0n) is 32.3. The molecule has 0 amide bonds. The minimum Gasteiger partial charge on any atom is -0.205 e. The van der Waals surface area contributed by atoms with Crippen molar-refractivity contribution in [3.63, 3.8) is 0 Å². The van der Waals surface area contributed by atoms with Crippen LogP contribution in [0, 0.1) is 0 Å². The molecule has 3 aromatic rings. The molecule has 3 heteroatoms. The monoisotopic (exact) mass is 689 g/mol. The number of nitrogens with zero attached hydrogens (tertiary/aromatic N) is 2. The Labute approximate surface area is 308 Å². The van der Waals surface area contributed by atoms with Crippen LogP contribution in [-0.2, 0) is 13.1 Å². The van der Waals surface area contributed by atoms with Crippen molar-refractivity contribution >= 4 is 11.3 Å². The summed E-state index contributed by atoms with van der Waals surface area (Å²) in [6.45, 7) is 6.88. The Morgan fingerprint density at radius 2 is 0.571 bits per heavy atom. The predicted molar refractivity (Wildman–Crippen MR) is 216 cm³/mol. The zero-order chi connectivity index (χ0) is 34.5. The van der Waals surface area contributed by atoms with E-state index < -0.39 is 0 Å². The fourth-order valence-electron chi connectivity index (χ4n) is 7.17. The number of aromatic nitrogens is 2. The fourth-order valence-corrected chi connectivity index (χ4v) is 8.18. The van der Waals surface area contributed by atoms with Crippen LogP contribution < -0.4 is 9.13 Å². The van der Waals surface area contributed by atoms with Crippen molar-refractivity contribution in [2.75, 3.05) is 0 Å². The zero-order valence-corrected chi connectivity index (χ0v) is 33.1. The second-order valence-corrected chi connectivity index (χ2v) is 16.1. The van der Waals surface area contributed by atoms with Gasteiger partial charge in [-0.15, -0.1) is 11.3 Å². The van der Waals surface area contributed by atoms with Gasteiger partial charge in [-0.2, -0.15) is 0 Å². The van der Waals surface area contributed by atoms with Gasteiger partial charge in [0.05, 0.1) is 0 Å². The molecule has 0 spiro atoms. The van der Waals surface area contributed by atoms with E-state index in [9.17, 15) is 0 Å². The van der Waals surface area contributed by atoms with Gasteiger partial charge in [-0.05, 0) is 25.0 Å². The molecule has 0 N–H and O–H groups in total. The van der Waals surface area contributed by atoms with Crippen LogP contribution in [0.3, 0.4) is 0 Å². The van der Waals surface area contributed by atoms with Crippen molar-refractivity contribution < 1.29 is 9.13 Å². The number of pyridine rings is 2. The summed E-state index contributed by atoms with van der Waals surface area (Å²) in [7, 11) is 0. The molecule has 0 saturated heterocycles. The molecule has 0 fully saturated rings. The summed E-state index contributed by atoms with van der Waals surface area (Å²) >= 11 is 1.91. The summed E-state index contributed by atoms with van der Waals surface area (Å²) in [4.78, 5) is 2.72. The number of rotatable bonds is 32. The Hall–Kier alpha value is -2.00. The first-order valence-electron chi connectivity index (χ1n) is 21.4. The SMILES string of the molecule is CCCCCCCCCCCCCCCC[n+]1ccc(-c2ccc(-c3cc[n+](CCCCCCCCCCCCCCCC)cc3)s2)cc1. The van der Waals surface area contributed by atoms with Crippen LogP contribution in [0.4, 0.5) is 0 Å². The van der Waals surface area contributed by atoms with Crippen LogP contribution in [0.1, 0.15) is 194 Å². The van der Waals surface area contributed by atoms with Crippen LogP contribution in [0.15, 0.2) is 61.2 Å². The van der Waals surface area contributed by atoms with E-state index >= 15 is 0 Å². The largest absolute Gasteiger partial charge is 0.205 e. The molecule has 2 nitrogen and oxygen atoms in total. The van der Waals surface area contributed by atoms with Crippen molar-refractivity contribution in [1.29, 1.82) is 0 Å². The molecule has 0 saturated carbocycles. The fraction of sp³-hybridized carbons (Fsp3) is 0.696. The molecule has 0 atom stereocenters. The van der Waals surface area contributed by atoms with Gasteiger partial charge in [0.2, 0.25) is 0 Å². The van der Waals surface area contributed by atoms with Crippen molar-refractivity contribution in [3.05, 3.63) is 61.2 Å². The molecule has 0 aromatic carbocycles. The lowest BCUT2D eigenvalue weighted by Gasteiger charge is -2.03. The Balaban J connectivity index is 1.20. The van der Waals surface area contributed by atoms with Crippen LogP contribution in [0.5, 0.6) is 0 Å². The second kappa shape index (κ2) is 28.7. The lowest BCUT2D eigenvalue weighted by atomic mass is 10.0. The van der Waals surface area contributed by atoms with E-state index in [1.165, 1.54) is 201 Å². The van der Waals surface area contributed by atoms with E-state index in [0.29, 0.717) is 0 Å². The smallest absolute Gasteiger partial charge is 0.169 e. The molecule has 274 valence electrons. The molecule has 0 unspecified atom stereocenters. The number of thiophene rings is 1. The van der Waals surface area contributed by atoms with Crippen molar-refractivity contribution in [2.45, 2.75) is 207 Å². The van der Waals surface area contributed by atoms with Crippen LogP contribution >= 0.6 is 11.3 Å². The second-order valence-electron chi connectivity index (χ2n) is 15.0. The summed E-state index contributed by atoms with van der Waals surface area (Å²) in [5.74, 6) is 0. The average Bonchev–Trinajstić information content (AvgIpc) is 3.63. The van der Waals surface area contributed by atoms with Gasteiger partial charge in [0.25, 0.3) is 0 Å². The molecule has 0 aliphatic heterocycles. The first-order valence-corrected chi connectivity index (χ1v) is 22.2. The third-order valence-corrected chi connectivity index (χ3v) is 11.7. The molecule has 3 aromatic heterocycles. The molecule has 0 aliphatic rings. The standard InChI is InChI=1S/C46H76N2S/c1-3-5-7-9-11-13-15-17-19-21-23-25-27-29-37-47-39-33-43(34-40-47)45-31-32-46(49-45)44-35-41-48(42-36-44)38-30-28-26-24-22-20-18-16-14-12-10-8-6-4-2/h31-36,39-42H,3-30,37-38H2,1-2H3/q+2. The highest BCUT2D eigenvalue weighted by atomic mass is 32.1. The van der Waals surface area contributed by atoms with Gasteiger partial charge < -0.3 is 0 Å². The maximum Gasteiger partial charge on any atom is 0.169 e. The van der Waals surface area contributed by atoms with Gasteiger partial charge in [0.1, 0.15) is 13.1 Å². The molecule has 0 aliphatic carbocycles. The lowest BCUT2D eigenvalue weighted by molar-refractivity contribution is -0.697. The molecule has 3 heterocycles. The van der Waals surface area contributed by atoms with Gasteiger partial charge in [0, 0.05) is 58.0 Å². The summed E-state index contributed by atoms with van der Waals surface area (Å²) in [6, 6.07) is 13.8. The molecular weight excluding hydrogens is 613 g/mol. The number of hydrogen-bond donors (Lipinski definition) is 0. The summed E-state index contributed by atoms with van der Waals surface area (Å²) in [6.07, 6.45) is 48.8. The minimum absolute atomic E-state index is 1.14. The quantitative estimate of drug-likeness (QED) is 0.0456. The van der Waals surface area contributed by atoms with Gasteiger partial charge in [0.15, 0.2) is 24.8 Å². The van der Waals surface area contributed by atoms with Gasteiger partial charge >= 0.3 is 0 Å². The van der Waals surface area contributed by atoms with Crippen molar-refractivity contribution in [1.82, 2.24) is 0 Å². The average molecular weight is 689 g/mol. The minimum atomic E-state index is 1.14. The van der Waals surface area contributed by atoms with E-state index in [1.807, 2.05) is 11.3 Å². The number of aryl methyl sites for hydroxylation is 2. The normalized spacial score (nSPS) is 11.5. The summed E-state index contributed by atoms with van der Waals surface area (Å²) in [5.41, 5.74) is 2.66. The number of unbranched alkanes of at least 4 members (excludes halogenated alkanes) is 26.